The van der Waals surface area contributed by atoms with Crippen LogP contribution < -0.4 is 5.32 Å². The van der Waals surface area contributed by atoms with Gasteiger partial charge in [0.15, 0.2) is 5.92 Å². The average Bonchev–Trinajstić information content (AvgIpc) is 2.90. The van der Waals surface area contributed by atoms with Crippen LogP contribution in [0.5, 0.6) is 0 Å². The monoisotopic (exact) mass is 368 g/mol. The van der Waals surface area contributed by atoms with Crippen molar-refractivity contribution in [2.24, 2.45) is 0 Å². The van der Waals surface area contributed by atoms with Crippen LogP contribution in [0.25, 0.3) is 0 Å². The molecule has 1 aliphatic rings. The Bertz CT molecular complexity index is 935. The molecule has 1 unspecified atom stereocenters. The first-order valence-corrected chi connectivity index (χ1v) is 9.17. The highest BCUT2D eigenvalue weighted by Crippen LogP contribution is 2.40. The Labute approximate surface area is 142 Å². The summed E-state index contributed by atoms with van der Waals surface area (Å²) in [6.45, 7) is 1.71. The van der Waals surface area contributed by atoms with Gasteiger partial charge < -0.3 is 5.32 Å². The van der Waals surface area contributed by atoms with Crippen LogP contribution in [0.2, 0.25) is 0 Å². The number of hydrogen-bond donors (Lipinski definition) is 1. The lowest BCUT2D eigenvalue weighted by Crippen LogP contribution is -2.45. The molecule has 1 aromatic carbocycles. The number of nitrogens with one attached hydrogen (secondary N) is 1. The second-order valence-electron chi connectivity index (χ2n) is 5.33. The van der Waals surface area contributed by atoms with Crippen molar-refractivity contribution in [1.82, 2.24) is 4.31 Å². The van der Waals surface area contributed by atoms with Crippen molar-refractivity contribution in [1.29, 1.82) is 0 Å². The van der Waals surface area contributed by atoms with E-state index in [0.717, 1.165) is 18.4 Å². The molecule has 24 heavy (non-hydrogen) atoms. The number of rotatable bonds is 2. The molecule has 3 rings (SSSR count). The molecule has 0 radical (unpaired) electrons. The first-order valence-electron chi connectivity index (χ1n) is 6.91. The summed E-state index contributed by atoms with van der Waals surface area (Å²) in [6.07, 6.45) is 0. The molecule has 1 aromatic heterocycles. The fourth-order valence-electron chi connectivity index (χ4n) is 2.45. The Morgan fingerprint density at radius 1 is 1.29 bits per heavy atom. The molecule has 0 fully saturated rings. The molecule has 0 aliphatic carbocycles. The van der Waals surface area contributed by atoms with Crippen LogP contribution in [0.4, 0.5) is 10.1 Å². The van der Waals surface area contributed by atoms with Gasteiger partial charge in [-0.1, -0.05) is 0 Å². The van der Waals surface area contributed by atoms with Gasteiger partial charge in [-0.05, 0) is 37.3 Å². The lowest BCUT2D eigenvalue weighted by atomic mass is 10.1. The second-order valence-corrected chi connectivity index (χ2v) is 8.55. The summed E-state index contributed by atoms with van der Waals surface area (Å²) in [5, 5.41) is 2.53. The molecule has 9 heteroatoms. The van der Waals surface area contributed by atoms with E-state index in [0.29, 0.717) is 14.9 Å². The number of fused-ring (bicyclic) bond motifs is 1. The Morgan fingerprint density at radius 3 is 2.54 bits per heavy atom. The van der Waals surface area contributed by atoms with Gasteiger partial charge in [0, 0.05) is 22.5 Å². The number of benzene rings is 1. The molecule has 1 atom stereocenters. The van der Waals surface area contributed by atoms with E-state index in [-0.39, 0.29) is 9.77 Å². The van der Waals surface area contributed by atoms with E-state index >= 15 is 0 Å². The maximum Gasteiger partial charge on any atom is 0.267 e. The van der Waals surface area contributed by atoms with Crippen LogP contribution >= 0.6 is 11.3 Å². The maximum atomic E-state index is 12.9. The normalized spacial score (nSPS) is 19.0. The van der Waals surface area contributed by atoms with Crippen LogP contribution in [0.15, 0.2) is 35.2 Å². The summed E-state index contributed by atoms with van der Waals surface area (Å²) >= 11 is 1.10. The molecule has 6 nitrogen and oxygen atoms in total. The average molecular weight is 368 g/mol. The summed E-state index contributed by atoms with van der Waals surface area (Å²) in [5.74, 6) is -3.18. The summed E-state index contributed by atoms with van der Waals surface area (Å²) in [7, 11) is -2.80. The lowest BCUT2D eigenvalue weighted by Gasteiger charge is -2.28. The minimum atomic E-state index is -3.93. The SMILES string of the molecule is Cc1cc2c(s1)C(C(=O)Nc1ccc(F)cc1)C(=O)N(C)S2(=O)=O. The van der Waals surface area contributed by atoms with Gasteiger partial charge in [0.1, 0.15) is 10.7 Å². The van der Waals surface area contributed by atoms with E-state index in [9.17, 15) is 22.4 Å². The van der Waals surface area contributed by atoms with Crippen molar-refractivity contribution in [2.45, 2.75) is 17.7 Å². The first-order chi connectivity index (χ1) is 11.2. The van der Waals surface area contributed by atoms with Crippen LogP contribution in [-0.4, -0.2) is 31.6 Å². The van der Waals surface area contributed by atoms with E-state index in [1.54, 1.807) is 6.92 Å². The summed E-state index contributed by atoms with van der Waals surface area (Å²) in [6, 6.07) is 6.53. The van der Waals surface area contributed by atoms with Crippen molar-refractivity contribution in [3.8, 4) is 0 Å². The van der Waals surface area contributed by atoms with E-state index in [4.69, 9.17) is 0 Å². The van der Waals surface area contributed by atoms with Crippen LogP contribution in [-0.2, 0) is 19.6 Å². The van der Waals surface area contributed by atoms with Crippen molar-refractivity contribution in [3.05, 3.63) is 45.9 Å². The zero-order valence-corrected chi connectivity index (χ0v) is 14.4. The summed E-state index contributed by atoms with van der Waals surface area (Å²) in [4.78, 5) is 25.9. The van der Waals surface area contributed by atoms with Crippen LogP contribution in [0.1, 0.15) is 15.7 Å². The van der Waals surface area contributed by atoms with Gasteiger partial charge in [-0.3, -0.25) is 9.59 Å². The number of thiophene rings is 1. The third kappa shape index (κ3) is 2.59. The second kappa shape index (κ2) is 5.67. The maximum absolute atomic E-state index is 12.9. The topological polar surface area (TPSA) is 83.6 Å². The van der Waals surface area contributed by atoms with Crippen molar-refractivity contribution < 1.29 is 22.4 Å². The van der Waals surface area contributed by atoms with E-state index in [2.05, 4.69) is 5.32 Å². The van der Waals surface area contributed by atoms with Gasteiger partial charge in [0.25, 0.3) is 15.9 Å². The predicted molar refractivity (Wildman–Crippen MR) is 86.8 cm³/mol. The Morgan fingerprint density at radius 2 is 1.92 bits per heavy atom. The van der Waals surface area contributed by atoms with Crippen molar-refractivity contribution in [3.63, 3.8) is 0 Å². The van der Waals surface area contributed by atoms with Crippen LogP contribution in [0, 0.1) is 12.7 Å². The molecule has 0 saturated heterocycles. The standard InChI is InChI=1S/C15H13FN2O4S2/c1-8-7-11-13(23-8)12(15(20)18(2)24(11,21)22)14(19)17-10-5-3-9(16)4-6-10/h3-7,12H,1-2H3,(H,17,19). The summed E-state index contributed by atoms with van der Waals surface area (Å²) < 4.78 is 38.2. The molecule has 1 aliphatic heterocycles. The number of halogens is 1. The fourth-order valence-corrected chi connectivity index (χ4v) is 5.31. The Kier molecular flexibility index (Phi) is 3.92. The minimum Gasteiger partial charge on any atom is -0.325 e. The van der Waals surface area contributed by atoms with Gasteiger partial charge >= 0.3 is 0 Å². The van der Waals surface area contributed by atoms with E-state index < -0.39 is 33.6 Å². The number of amides is 2. The minimum absolute atomic E-state index is 0.0219. The predicted octanol–water partition coefficient (Wildman–Crippen LogP) is 2.08. The molecule has 0 saturated carbocycles. The lowest BCUT2D eigenvalue weighted by molar-refractivity contribution is -0.132. The Balaban J connectivity index is 2.01. The number of carbonyl (C=O) groups is 2. The summed E-state index contributed by atoms with van der Waals surface area (Å²) in [5.41, 5.74) is 0.320. The molecule has 126 valence electrons. The van der Waals surface area contributed by atoms with Gasteiger partial charge in [0.05, 0.1) is 0 Å². The third-order valence-electron chi connectivity index (χ3n) is 3.68. The number of likely N-dealkylation sites (N-methyl/N-ethyl adjacent to an activating group) is 1. The zero-order chi connectivity index (χ0) is 17.6. The van der Waals surface area contributed by atoms with E-state index in [1.165, 1.54) is 30.3 Å². The molecule has 0 spiro atoms. The highest BCUT2D eigenvalue weighted by atomic mass is 32.2. The number of carbonyl (C=O) groups excluding carboxylic acids is 2. The molecule has 2 amide bonds. The highest BCUT2D eigenvalue weighted by molar-refractivity contribution is 7.90. The number of aryl methyl sites for hydroxylation is 1. The zero-order valence-electron chi connectivity index (χ0n) is 12.7. The van der Waals surface area contributed by atoms with Crippen molar-refractivity contribution >= 4 is 38.9 Å². The van der Waals surface area contributed by atoms with Gasteiger partial charge in [0.2, 0.25) is 5.91 Å². The quantitative estimate of drug-likeness (QED) is 0.823. The number of hydrogen-bond acceptors (Lipinski definition) is 5. The number of anilines is 1. The van der Waals surface area contributed by atoms with Crippen molar-refractivity contribution in [2.75, 3.05) is 12.4 Å². The van der Waals surface area contributed by atoms with Gasteiger partial charge in [-0.2, -0.15) is 0 Å². The number of nitrogens with zero attached hydrogens (tertiary/aromatic N) is 1. The molecule has 0 bridgehead atoms. The fraction of sp³-hybridized carbons (Fsp3) is 0.200. The first kappa shape index (κ1) is 16.6. The smallest absolute Gasteiger partial charge is 0.267 e. The molecular formula is C15H13FN2O4S2. The van der Waals surface area contributed by atoms with Gasteiger partial charge in [-0.15, -0.1) is 11.3 Å². The molecule has 1 N–H and O–H groups in total. The number of sulfonamides is 1. The Hall–Kier alpha value is -2.26. The molecule has 2 aromatic rings. The van der Waals surface area contributed by atoms with Crippen LogP contribution in [0.3, 0.4) is 0 Å². The third-order valence-corrected chi connectivity index (χ3v) is 6.72. The molecule has 2 heterocycles. The largest absolute Gasteiger partial charge is 0.325 e. The molecular weight excluding hydrogens is 355 g/mol. The highest BCUT2D eigenvalue weighted by Gasteiger charge is 2.46. The van der Waals surface area contributed by atoms with E-state index in [1.807, 2.05) is 0 Å². The van der Waals surface area contributed by atoms with Gasteiger partial charge in [-0.25, -0.2) is 17.1 Å².